The molecule has 0 amide bonds. The summed E-state index contributed by atoms with van der Waals surface area (Å²) in [5, 5.41) is 3.34. The highest BCUT2D eigenvalue weighted by molar-refractivity contribution is 5.70. The molecule has 0 aliphatic heterocycles. The van der Waals surface area contributed by atoms with E-state index < -0.39 is 5.97 Å². The molecule has 1 N–H and O–H groups in total. The van der Waals surface area contributed by atoms with E-state index in [2.05, 4.69) is 41.2 Å². The lowest BCUT2D eigenvalue weighted by molar-refractivity contribution is -0.142. The molecule has 110 valence electrons. The molecule has 0 heterocycles. The lowest BCUT2D eigenvalue weighted by Gasteiger charge is -2.09. The number of anilines is 1. The normalized spacial score (nSPS) is 10.0. The Hall–Kier alpha value is -2.49. The van der Waals surface area contributed by atoms with E-state index in [1.807, 2.05) is 24.3 Å². The molecule has 0 fully saturated rings. The molecular formula is C17H19NO3. The first-order valence-corrected chi connectivity index (χ1v) is 6.76. The molecule has 0 saturated heterocycles. The van der Waals surface area contributed by atoms with E-state index in [4.69, 9.17) is 4.74 Å². The van der Waals surface area contributed by atoms with Crippen LogP contribution < -0.4 is 10.1 Å². The minimum absolute atomic E-state index is 0.0768. The van der Waals surface area contributed by atoms with E-state index in [0.717, 1.165) is 12.2 Å². The fraction of sp³-hybridized carbons (Fsp3) is 0.235. The number of carbonyl (C=O) groups excluding carboxylic acids is 1. The molecule has 0 radical (unpaired) electrons. The zero-order valence-electron chi connectivity index (χ0n) is 12.3. The number of methoxy groups -OCH3 is 1. The van der Waals surface area contributed by atoms with Gasteiger partial charge in [-0.2, -0.15) is 0 Å². The second kappa shape index (κ2) is 7.33. The van der Waals surface area contributed by atoms with Gasteiger partial charge in [0.05, 0.1) is 7.11 Å². The summed E-state index contributed by atoms with van der Waals surface area (Å²) < 4.78 is 9.81. The third kappa shape index (κ3) is 4.84. The van der Waals surface area contributed by atoms with Crippen molar-refractivity contribution in [2.45, 2.75) is 13.5 Å². The Kier molecular flexibility index (Phi) is 5.21. The fourth-order valence-electron chi connectivity index (χ4n) is 1.90. The van der Waals surface area contributed by atoms with Crippen LogP contribution in [0.1, 0.15) is 11.1 Å². The van der Waals surface area contributed by atoms with Gasteiger partial charge in [0.25, 0.3) is 0 Å². The zero-order valence-corrected chi connectivity index (χ0v) is 12.3. The number of nitrogens with one attached hydrogen (secondary N) is 1. The van der Waals surface area contributed by atoms with E-state index in [0.29, 0.717) is 5.75 Å². The summed E-state index contributed by atoms with van der Waals surface area (Å²) in [6, 6.07) is 15.9. The fourth-order valence-corrected chi connectivity index (χ4v) is 1.90. The molecule has 21 heavy (non-hydrogen) atoms. The van der Waals surface area contributed by atoms with E-state index in [1.54, 1.807) is 0 Å². The molecule has 0 aliphatic carbocycles. The first-order valence-electron chi connectivity index (χ1n) is 6.76. The van der Waals surface area contributed by atoms with Gasteiger partial charge in [-0.1, -0.05) is 29.8 Å². The van der Waals surface area contributed by atoms with Crippen LogP contribution in [0.5, 0.6) is 5.75 Å². The van der Waals surface area contributed by atoms with Gasteiger partial charge in [-0.15, -0.1) is 0 Å². The van der Waals surface area contributed by atoms with Crippen LogP contribution in [0, 0.1) is 6.92 Å². The topological polar surface area (TPSA) is 47.6 Å². The van der Waals surface area contributed by atoms with Gasteiger partial charge in [-0.3, -0.25) is 0 Å². The predicted molar refractivity (Wildman–Crippen MR) is 82.5 cm³/mol. The highest BCUT2D eigenvalue weighted by Gasteiger charge is 2.01. The molecule has 0 bridgehead atoms. The molecule has 0 aliphatic rings. The Morgan fingerprint density at radius 2 is 1.90 bits per heavy atom. The summed E-state index contributed by atoms with van der Waals surface area (Å²) in [7, 11) is 1.34. The van der Waals surface area contributed by atoms with E-state index in [1.165, 1.54) is 18.2 Å². The highest BCUT2D eigenvalue weighted by atomic mass is 16.6. The first-order chi connectivity index (χ1) is 10.2. The Balaban J connectivity index is 1.86. The van der Waals surface area contributed by atoms with Gasteiger partial charge in [-0.05, 0) is 36.8 Å². The number of carbonyl (C=O) groups is 1. The van der Waals surface area contributed by atoms with Crippen molar-refractivity contribution in [3.05, 3.63) is 59.7 Å². The third-order valence-corrected chi connectivity index (χ3v) is 3.02. The molecule has 0 spiro atoms. The number of ether oxygens (including phenoxy) is 2. The number of rotatable bonds is 6. The van der Waals surface area contributed by atoms with E-state index in [-0.39, 0.29) is 6.61 Å². The number of esters is 1. The SMILES string of the molecule is COC(=O)COc1ccc(NCc2cccc(C)c2)cc1. The zero-order chi connectivity index (χ0) is 15.1. The Labute approximate surface area is 124 Å². The van der Waals surface area contributed by atoms with E-state index >= 15 is 0 Å². The van der Waals surface area contributed by atoms with Crippen molar-refractivity contribution < 1.29 is 14.3 Å². The van der Waals surface area contributed by atoms with Crippen molar-refractivity contribution >= 4 is 11.7 Å². The molecule has 4 nitrogen and oxygen atoms in total. The number of hydrogen-bond donors (Lipinski definition) is 1. The van der Waals surface area contributed by atoms with E-state index in [9.17, 15) is 4.79 Å². The van der Waals surface area contributed by atoms with Crippen molar-refractivity contribution in [2.75, 3.05) is 19.0 Å². The average molecular weight is 285 g/mol. The Bertz CT molecular complexity index is 593. The van der Waals surface area contributed by atoms with Crippen molar-refractivity contribution in [1.82, 2.24) is 0 Å². The summed E-state index contributed by atoms with van der Waals surface area (Å²) in [4.78, 5) is 11.0. The molecule has 0 unspecified atom stereocenters. The predicted octanol–water partition coefficient (Wildman–Crippen LogP) is 3.16. The van der Waals surface area contributed by atoms with Gasteiger partial charge in [0.2, 0.25) is 0 Å². The van der Waals surface area contributed by atoms with Gasteiger partial charge < -0.3 is 14.8 Å². The lowest BCUT2D eigenvalue weighted by Crippen LogP contribution is -2.12. The number of aryl methyl sites for hydroxylation is 1. The molecule has 4 heteroatoms. The van der Waals surface area contributed by atoms with Gasteiger partial charge in [0.1, 0.15) is 5.75 Å². The molecule has 0 atom stereocenters. The monoisotopic (exact) mass is 285 g/mol. The van der Waals surface area contributed by atoms with Crippen LogP contribution in [0.4, 0.5) is 5.69 Å². The largest absolute Gasteiger partial charge is 0.482 e. The Morgan fingerprint density at radius 3 is 2.57 bits per heavy atom. The number of hydrogen-bond acceptors (Lipinski definition) is 4. The van der Waals surface area contributed by atoms with Gasteiger partial charge in [0, 0.05) is 12.2 Å². The van der Waals surface area contributed by atoms with Crippen LogP contribution in [0.3, 0.4) is 0 Å². The van der Waals surface area contributed by atoms with Crippen molar-refractivity contribution in [2.24, 2.45) is 0 Å². The van der Waals surface area contributed by atoms with Gasteiger partial charge in [-0.25, -0.2) is 4.79 Å². The molecule has 2 aromatic rings. The summed E-state index contributed by atoms with van der Waals surface area (Å²) in [5.74, 6) is 0.248. The molecule has 2 rings (SSSR count). The number of benzene rings is 2. The summed E-state index contributed by atoms with van der Waals surface area (Å²) in [6.07, 6.45) is 0. The van der Waals surface area contributed by atoms with Crippen LogP contribution in [0.15, 0.2) is 48.5 Å². The molecule has 2 aromatic carbocycles. The minimum atomic E-state index is -0.392. The minimum Gasteiger partial charge on any atom is -0.482 e. The second-order valence-electron chi connectivity index (χ2n) is 4.73. The maximum atomic E-state index is 11.0. The van der Waals surface area contributed by atoms with Crippen LogP contribution in [-0.4, -0.2) is 19.7 Å². The standard InChI is InChI=1S/C17H19NO3/c1-13-4-3-5-14(10-13)11-18-15-6-8-16(9-7-15)21-12-17(19)20-2/h3-10,18H,11-12H2,1-2H3. The highest BCUT2D eigenvalue weighted by Crippen LogP contribution is 2.16. The van der Waals surface area contributed by atoms with Crippen LogP contribution in [0.2, 0.25) is 0 Å². The third-order valence-electron chi connectivity index (χ3n) is 3.02. The average Bonchev–Trinajstić information content (AvgIpc) is 2.51. The maximum Gasteiger partial charge on any atom is 0.343 e. The Morgan fingerprint density at radius 1 is 1.14 bits per heavy atom. The summed E-state index contributed by atoms with van der Waals surface area (Å²) in [6.45, 7) is 2.77. The summed E-state index contributed by atoms with van der Waals surface area (Å²) >= 11 is 0. The van der Waals surface area contributed by atoms with Crippen molar-refractivity contribution in [3.63, 3.8) is 0 Å². The van der Waals surface area contributed by atoms with Crippen molar-refractivity contribution in [3.8, 4) is 5.75 Å². The van der Waals surface area contributed by atoms with Crippen molar-refractivity contribution in [1.29, 1.82) is 0 Å². The first kappa shape index (κ1) is 14.9. The smallest absolute Gasteiger partial charge is 0.343 e. The molecule has 0 saturated carbocycles. The summed E-state index contributed by atoms with van der Waals surface area (Å²) in [5.41, 5.74) is 3.49. The van der Waals surface area contributed by atoms with Gasteiger partial charge in [0.15, 0.2) is 6.61 Å². The van der Waals surface area contributed by atoms with Gasteiger partial charge >= 0.3 is 5.97 Å². The lowest BCUT2D eigenvalue weighted by atomic mass is 10.1. The molecular weight excluding hydrogens is 266 g/mol. The maximum absolute atomic E-state index is 11.0. The van der Waals surface area contributed by atoms with Crippen LogP contribution in [0.25, 0.3) is 0 Å². The quantitative estimate of drug-likeness (QED) is 0.828. The second-order valence-corrected chi connectivity index (χ2v) is 4.73. The molecule has 0 aromatic heterocycles. The van der Waals surface area contributed by atoms with Crippen LogP contribution >= 0.6 is 0 Å². The van der Waals surface area contributed by atoms with Crippen LogP contribution in [-0.2, 0) is 16.1 Å².